The zero-order chi connectivity index (χ0) is 25.4. The molecule has 0 radical (unpaired) electrons. The molecule has 0 saturated heterocycles. The van der Waals surface area contributed by atoms with E-state index < -0.39 is 0 Å². The van der Waals surface area contributed by atoms with Gasteiger partial charge < -0.3 is 14.6 Å². The van der Waals surface area contributed by atoms with Crippen molar-refractivity contribution in [1.82, 2.24) is 9.88 Å². The number of aryl methyl sites for hydroxylation is 1. The van der Waals surface area contributed by atoms with Crippen LogP contribution >= 0.6 is 0 Å². The molecule has 0 aliphatic carbocycles. The van der Waals surface area contributed by atoms with E-state index >= 15 is 0 Å². The number of esters is 1. The van der Waals surface area contributed by atoms with Crippen LogP contribution in [0.5, 0.6) is 0 Å². The number of nitrogens with one attached hydrogen (secondary N) is 1. The van der Waals surface area contributed by atoms with Gasteiger partial charge in [-0.15, -0.1) is 0 Å². The highest BCUT2D eigenvalue weighted by Gasteiger charge is 2.22. The summed E-state index contributed by atoms with van der Waals surface area (Å²) in [6, 6.07) is 20.6. The van der Waals surface area contributed by atoms with Gasteiger partial charge in [-0.25, -0.2) is 0 Å². The van der Waals surface area contributed by atoms with Crippen LogP contribution in [0.1, 0.15) is 55.5 Å². The number of pyridine rings is 1. The number of benzene rings is 2. The minimum atomic E-state index is -0.341. The molecule has 0 aliphatic heterocycles. The molecule has 3 rings (SSSR count). The maximum atomic E-state index is 12.5. The first-order valence-electron chi connectivity index (χ1n) is 11.9. The van der Waals surface area contributed by atoms with Crippen LogP contribution in [-0.4, -0.2) is 24.2 Å². The normalized spacial score (nSPS) is 12.7. The van der Waals surface area contributed by atoms with E-state index in [2.05, 4.69) is 25.2 Å². The van der Waals surface area contributed by atoms with Crippen molar-refractivity contribution in [2.75, 3.05) is 13.7 Å². The van der Waals surface area contributed by atoms with Crippen molar-refractivity contribution in [1.29, 1.82) is 5.26 Å². The molecule has 2 aromatic carbocycles. The Morgan fingerprint density at radius 2 is 1.83 bits per heavy atom. The van der Waals surface area contributed by atoms with Gasteiger partial charge in [0.1, 0.15) is 0 Å². The van der Waals surface area contributed by atoms with Crippen LogP contribution in [0.25, 0.3) is 11.1 Å². The van der Waals surface area contributed by atoms with Gasteiger partial charge in [0.15, 0.2) is 0 Å². The third kappa shape index (κ3) is 6.68. The SMILES string of the molecule is COC(=O)CC(NCC(CC(C)C)n1ccccc1=O)c1ccc(C#N)c(-c2ccccc2C)c1. The van der Waals surface area contributed by atoms with E-state index in [-0.39, 0.29) is 30.0 Å². The lowest BCUT2D eigenvalue weighted by Crippen LogP contribution is -2.35. The summed E-state index contributed by atoms with van der Waals surface area (Å²) in [4.78, 5) is 24.8. The highest BCUT2D eigenvalue weighted by molar-refractivity contribution is 5.75. The lowest BCUT2D eigenvalue weighted by Gasteiger charge is -2.26. The first-order valence-corrected chi connectivity index (χ1v) is 11.9. The summed E-state index contributed by atoms with van der Waals surface area (Å²) in [5, 5.41) is 13.2. The molecule has 0 fully saturated rings. The Labute approximate surface area is 207 Å². The van der Waals surface area contributed by atoms with Gasteiger partial charge in [-0.05, 0) is 54.2 Å². The summed E-state index contributed by atoms with van der Waals surface area (Å²) in [5.41, 5.74) is 4.29. The smallest absolute Gasteiger partial charge is 0.307 e. The maximum Gasteiger partial charge on any atom is 0.307 e. The van der Waals surface area contributed by atoms with Crippen molar-refractivity contribution in [3.8, 4) is 17.2 Å². The van der Waals surface area contributed by atoms with E-state index in [1.807, 2.05) is 55.6 Å². The second-order valence-electron chi connectivity index (χ2n) is 9.20. The minimum absolute atomic E-state index is 0.0512. The van der Waals surface area contributed by atoms with Crippen LogP contribution < -0.4 is 10.9 Å². The van der Waals surface area contributed by atoms with Crippen molar-refractivity contribution >= 4 is 5.97 Å². The number of nitriles is 1. The fourth-order valence-electron chi connectivity index (χ4n) is 4.39. The maximum absolute atomic E-state index is 12.5. The number of carbonyl (C=O) groups excluding carboxylic acids is 1. The van der Waals surface area contributed by atoms with Gasteiger partial charge in [-0.2, -0.15) is 5.26 Å². The van der Waals surface area contributed by atoms with Crippen molar-refractivity contribution in [3.63, 3.8) is 0 Å². The molecule has 0 amide bonds. The lowest BCUT2D eigenvalue weighted by atomic mass is 9.92. The highest BCUT2D eigenvalue weighted by atomic mass is 16.5. The molecule has 0 saturated carbocycles. The zero-order valence-electron chi connectivity index (χ0n) is 20.8. The molecule has 6 nitrogen and oxygen atoms in total. The Kier molecular flexibility index (Phi) is 8.99. The predicted octanol–water partition coefficient (Wildman–Crippen LogP) is 5.18. The van der Waals surface area contributed by atoms with E-state index in [1.54, 1.807) is 22.8 Å². The summed E-state index contributed by atoms with van der Waals surface area (Å²) in [7, 11) is 1.38. The molecule has 1 N–H and O–H groups in total. The summed E-state index contributed by atoms with van der Waals surface area (Å²) in [6.45, 7) is 6.77. The molecular weight excluding hydrogens is 438 g/mol. The van der Waals surface area contributed by atoms with Gasteiger partial charge in [0.25, 0.3) is 5.56 Å². The first kappa shape index (κ1) is 25.9. The number of hydrogen-bond donors (Lipinski definition) is 1. The third-order valence-electron chi connectivity index (χ3n) is 6.19. The lowest BCUT2D eigenvalue weighted by molar-refractivity contribution is -0.141. The average Bonchev–Trinajstić information content (AvgIpc) is 2.85. The summed E-state index contributed by atoms with van der Waals surface area (Å²) in [5.74, 6) is 0.0529. The Morgan fingerprint density at radius 3 is 2.49 bits per heavy atom. The molecule has 1 heterocycles. The summed E-state index contributed by atoms with van der Waals surface area (Å²) in [6.07, 6.45) is 2.75. The van der Waals surface area contributed by atoms with E-state index in [0.717, 1.165) is 28.7 Å². The minimum Gasteiger partial charge on any atom is -0.469 e. The standard InChI is InChI=1S/C29H33N3O3/c1-20(2)15-24(32-14-8-7-11-28(32)33)19-31-27(17-29(34)35-4)22-12-13-23(18-30)26(16-22)25-10-6-5-9-21(25)3/h5-14,16,20,24,27,31H,15,17,19H2,1-4H3. The van der Waals surface area contributed by atoms with Crippen LogP contribution in [0.2, 0.25) is 0 Å². The van der Waals surface area contributed by atoms with Gasteiger partial charge >= 0.3 is 5.97 Å². The number of aromatic nitrogens is 1. The Morgan fingerprint density at radius 1 is 1.09 bits per heavy atom. The average molecular weight is 472 g/mol. The van der Waals surface area contributed by atoms with Crippen LogP contribution in [0.15, 0.2) is 71.7 Å². The Bertz CT molecular complexity index is 1260. The van der Waals surface area contributed by atoms with E-state index in [1.165, 1.54) is 7.11 Å². The Balaban J connectivity index is 1.97. The van der Waals surface area contributed by atoms with Gasteiger partial charge in [0.2, 0.25) is 0 Å². The molecule has 0 spiro atoms. The Hall–Kier alpha value is -3.69. The zero-order valence-corrected chi connectivity index (χ0v) is 20.8. The van der Waals surface area contributed by atoms with Crippen molar-refractivity contribution < 1.29 is 9.53 Å². The largest absolute Gasteiger partial charge is 0.469 e. The third-order valence-corrected chi connectivity index (χ3v) is 6.19. The number of hydrogen-bond acceptors (Lipinski definition) is 5. The molecule has 2 atom stereocenters. The van der Waals surface area contributed by atoms with E-state index in [9.17, 15) is 14.9 Å². The second-order valence-corrected chi connectivity index (χ2v) is 9.20. The highest BCUT2D eigenvalue weighted by Crippen LogP contribution is 2.31. The van der Waals surface area contributed by atoms with Crippen LogP contribution in [-0.2, 0) is 9.53 Å². The molecular formula is C29H33N3O3. The van der Waals surface area contributed by atoms with Gasteiger partial charge in [0.05, 0.1) is 25.2 Å². The van der Waals surface area contributed by atoms with Crippen LogP contribution in [0.3, 0.4) is 0 Å². The fraction of sp³-hybridized carbons (Fsp3) is 0.345. The quantitative estimate of drug-likeness (QED) is 0.412. The van der Waals surface area contributed by atoms with Gasteiger partial charge in [-0.3, -0.25) is 9.59 Å². The molecule has 2 unspecified atom stereocenters. The van der Waals surface area contributed by atoms with Crippen LogP contribution in [0, 0.1) is 24.2 Å². The number of nitrogens with zero attached hydrogens (tertiary/aromatic N) is 2. The van der Waals surface area contributed by atoms with Crippen LogP contribution in [0.4, 0.5) is 0 Å². The number of rotatable bonds is 10. The van der Waals surface area contributed by atoms with Crippen molar-refractivity contribution in [3.05, 3.63) is 93.9 Å². The summed E-state index contributed by atoms with van der Waals surface area (Å²) < 4.78 is 6.72. The van der Waals surface area contributed by atoms with E-state index in [0.29, 0.717) is 18.0 Å². The molecule has 0 bridgehead atoms. The summed E-state index contributed by atoms with van der Waals surface area (Å²) >= 11 is 0. The van der Waals surface area contributed by atoms with Crippen molar-refractivity contribution in [2.24, 2.45) is 5.92 Å². The molecule has 3 aromatic rings. The monoisotopic (exact) mass is 471 g/mol. The fourth-order valence-corrected chi connectivity index (χ4v) is 4.39. The second kappa shape index (κ2) is 12.1. The molecule has 182 valence electrons. The number of ether oxygens (including phenoxy) is 1. The number of carbonyl (C=O) groups is 1. The van der Waals surface area contributed by atoms with Crippen molar-refractivity contribution in [2.45, 2.75) is 45.7 Å². The first-order chi connectivity index (χ1) is 16.8. The molecule has 0 aliphatic rings. The molecule has 6 heteroatoms. The van der Waals surface area contributed by atoms with E-state index in [4.69, 9.17) is 4.74 Å². The van der Waals surface area contributed by atoms with Gasteiger partial charge in [0, 0.05) is 36.5 Å². The molecule has 35 heavy (non-hydrogen) atoms. The topological polar surface area (TPSA) is 84.1 Å². The number of methoxy groups -OCH3 is 1. The molecule has 1 aromatic heterocycles. The predicted molar refractivity (Wildman–Crippen MR) is 138 cm³/mol. The van der Waals surface area contributed by atoms with Gasteiger partial charge in [-0.1, -0.05) is 50.2 Å².